The van der Waals surface area contributed by atoms with Gasteiger partial charge in [0.15, 0.2) is 0 Å². The molecule has 0 saturated heterocycles. The van der Waals surface area contributed by atoms with Crippen LogP contribution < -0.4 is 5.32 Å². The Bertz CT molecular complexity index is 259. The molecule has 1 aromatic rings. The van der Waals surface area contributed by atoms with Crippen LogP contribution in [0.15, 0.2) is 24.3 Å². The Hall–Kier alpha value is -1.02. The molecule has 1 atom stereocenters. The second-order valence-corrected chi connectivity index (χ2v) is 2.72. The summed E-state index contributed by atoms with van der Waals surface area (Å²) in [4.78, 5) is 0. The lowest BCUT2D eigenvalue weighted by molar-refractivity contribution is 0.0727. The van der Waals surface area contributed by atoms with Crippen molar-refractivity contribution in [1.82, 2.24) is 0 Å². The van der Waals surface area contributed by atoms with Crippen molar-refractivity contribution in [3.8, 4) is 0 Å². The van der Waals surface area contributed by atoms with E-state index in [0.29, 0.717) is 6.73 Å². The first kappa shape index (κ1) is 6.68. The van der Waals surface area contributed by atoms with E-state index in [9.17, 15) is 0 Å². The van der Waals surface area contributed by atoms with Crippen LogP contribution in [0, 0.1) is 0 Å². The summed E-state index contributed by atoms with van der Waals surface area (Å²) in [5.74, 6) is 0. The van der Waals surface area contributed by atoms with Gasteiger partial charge < -0.3 is 10.1 Å². The van der Waals surface area contributed by atoms with E-state index in [1.54, 1.807) is 0 Å². The number of para-hydroxylation sites is 1. The largest absolute Gasteiger partial charge is 0.362 e. The van der Waals surface area contributed by atoms with Gasteiger partial charge in [-0.3, -0.25) is 0 Å². The minimum Gasteiger partial charge on any atom is -0.362 e. The molecule has 0 amide bonds. The third-order valence-electron chi connectivity index (χ3n) is 1.99. The summed E-state index contributed by atoms with van der Waals surface area (Å²) >= 11 is 0. The van der Waals surface area contributed by atoms with Gasteiger partial charge >= 0.3 is 0 Å². The Morgan fingerprint density at radius 2 is 2.27 bits per heavy atom. The van der Waals surface area contributed by atoms with Gasteiger partial charge in [-0.15, -0.1) is 0 Å². The maximum absolute atomic E-state index is 5.39. The molecule has 1 heterocycles. The zero-order valence-electron chi connectivity index (χ0n) is 6.50. The number of nitrogens with one attached hydrogen (secondary N) is 1. The van der Waals surface area contributed by atoms with Crippen LogP contribution >= 0.6 is 0 Å². The molecule has 0 saturated carbocycles. The van der Waals surface area contributed by atoms with E-state index in [4.69, 9.17) is 4.74 Å². The van der Waals surface area contributed by atoms with Gasteiger partial charge in [0.1, 0.15) is 6.73 Å². The smallest absolute Gasteiger partial charge is 0.117 e. The maximum atomic E-state index is 5.39. The van der Waals surface area contributed by atoms with Crippen LogP contribution in [0.3, 0.4) is 0 Å². The van der Waals surface area contributed by atoms with Crippen LogP contribution in [0.4, 0.5) is 5.69 Å². The van der Waals surface area contributed by atoms with Crippen molar-refractivity contribution >= 4 is 5.69 Å². The predicted octanol–water partition coefficient (Wildman–Crippen LogP) is 2.15. The van der Waals surface area contributed by atoms with Gasteiger partial charge in [-0.25, -0.2) is 0 Å². The molecular formula is C9H11NO. The number of rotatable bonds is 0. The Kier molecular flexibility index (Phi) is 1.55. The Balaban J connectivity index is 2.44. The third-order valence-corrected chi connectivity index (χ3v) is 1.99. The summed E-state index contributed by atoms with van der Waals surface area (Å²) < 4.78 is 5.39. The van der Waals surface area contributed by atoms with E-state index in [2.05, 4.69) is 24.4 Å². The predicted molar refractivity (Wildman–Crippen MR) is 44.4 cm³/mol. The van der Waals surface area contributed by atoms with E-state index in [0.717, 1.165) is 0 Å². The molecular weight excluding hydrogens is 138 g/mol. The normalized spacial score (nSPS) is 22.1. The van der Waals surface area contributed by atoms with Crippen LogP contribution in [-0.4, -0.2) is 6.73 Å². The SMILES string of the molecule is CC1OCNc2ccccc21. The summed E-state index contributed by atoms with van der Waals surface area (Å²) in [5, 5.41) is 3.17. The van der Waals surface area contributed by atoms with Gasteiger partial charge in [-0.05, 0) is 13.0 Å². The van der Waals surface area contributed by atoms with Crippen LogP contribution in [0.2, 0.25) is 0 Å². The zero-order valence-corrected chi connectivity index (χ0v) is 6.50. The summed E-state index contributed by atoms with van der Waals surface area (Å²) in [5.41, 5.74) is 2.45. The van der Waals surface area contributed by atoms with Gasteiger partial charge in [0.2, 0.25) is 0 Å². The number of benzene rings is 1. The lowest BCUT2D eigenvalue weighted by atomic mass is 10.1. The van der Waals surface area contributed by atoms with Gasteiger partial charge in [0.25, 0.3) is 0 Å². The Morgan fingerprint density at radius 1 is 1.45 bits per heavy atom. The molecule has 1 unspecified atom stereocenters. The van der Waals surface area contributed by atoms with E-state index < -0.39 is 0 Å². The lowest BCUT2D eigenvalue weighted by Gasteiger charge is -2.23. The summed E-state index contributed by atoms with van der Waals surface area (Å²) in [6.07, 6.45) is 0.229. The molecule has 0 spiro atoms. The van der Waals surface area contributed by atoms with Crippen molar-refractivity contribution in [1.29, 1.82) is 0 Å². The molecule has 0 aromatic heterocycles. The molecule has 0 fully saturated rings. The highest BCUT2D eigenvalue weighted by atomic mass is 16.5. The second-order valence-electron chi connectivity index (χ2n) is 2.72. The molecule has 0 bridgehead atoms. The van der Waals surface area contributed by atoms with Crippen LogP contribution in [-0.2, 0) is 4.74 Å². The molecule has 1 aromatic carbocycles. The quantitative estimate of drug-likeness (QED) is 0.610. The molecule has 2 rings (SSSR count). The minimum atomic E-state index is 0.229. The van der Waals surface area contributed by atoms with E-state index in [1.807, 2.05) is 12.1 Å². The van der Waals surface area contributed by atoms with E-state index in [-0.39, 0.29) is 6.10 Å². The maximum Gasteiger partial charge on any atom is 0.117 e. The molecule has 2 heteroatoms. The summed E-state index contributed by atoms with van der Waals surface area (Å²) in [7, 11) is 0. The first-order valence-corrected chi connectivity index (χ1v) is 3.82. The number of anilines is 1. The molecule has 11 heavy (non-hydrogen) atoms. The average Bonchev–Trinajstić information content (AvgIpc) is 2.06. The minimum absolute atomic E-state index is 0.229. The van der Waals surface area contributed by atoms with Gasteiger partial charge in [-0.2, -0.15) is 0 Å². The Morgan fingerprint density at radius 3 is 3.09 bits per heavy atom. The third kappa shape index (κ3) is 1.10. The van der Waals surface area contributed by atoms with Crippen molar-refractivity contribution in [2.24, 2.45) is 0 Å². The number of ether oxygens (including phenoxy) is 1. The highest BCUT2D eigenvalue weighted by Gasteiger charge is 2.14. The van der Waals surface area contributed by atoms with E-state index in [1.165, 1.54) is 11.3 Å². The molecule has 0 aliphatic carbocycles. The van der Waals surface area contributed by atoms with Gasteiger partial charge in [0, 0.05) is 11.3 Å². The highest BCUT2D eigenvalue weighted by Crippen LogP contribution is 2.28. The fourth-order valence-electron chi connectivity index (χ4n) is 1.35. The van der Waals surface area contributed by atoms with Crippen LogP contribution in [0.25, 0.3) is 0 Å². The molecule has 1 aliphatic heterocycles. The molecule has 1 aliphatic rings. The van der Waals surface area contributed by atoms with Crippen molar-refractivity contribution < 1.29 is 4.74 Å². The van der Waals surface area contributed by atoms with Crippen molar-refractivity contribution in [2.45, 2.75) is 13.0 Å². The Labute approximate surface area is 66.2 Å². The van der Waals surface area contributed by atoms with Crippen molar-refractivity contribution in [2.75, 3.05) is 12.0 Å². The van der Waals surface area contributed by atoms with Crippen molar-refractivity contribution in [3.05, 3.63) is 29.8 Å². The molecule has 2 nitrogen and oxygen atoms in total. The fourth-order valence-corrected chi connectivity index (χ4v) is 1.35. The van der Waals surface area contributed by atoms with Crippen LogP contribution in [0.1, 0.15) is 18.6 Å². The first-order chi connectivity index (χ1) is 5.38. The summed E-state index contributed by atoms with van der Waals surface area (Å²) in [6.45, 7) is 2.69. The second kappa shape index (κ2) is 2.55. The molecule has 58 valence electrons. The lowest BCUT2D eigenvalue weighted by Crippen LogP contribution is -2.17. The fraction of sp³-hybridized carbons (Fsp3) is 0.333. The summed E-state index contributed by atoms with van der Waals surface area (Å²) in [6, 6.07) is 8.23. The van der Waals surface area contributed by atoms with Crippen LogP contribution in [0.5, 0.6) is 0 Å². The van der Waals surface area contributed by atoms with E-state index >= 15 is 0 Å². The number of hydrogen-bond acceptors (Lipinski definition) is 2. The molecule has 1 N–H and O–H groups in total. The van der Waals surface area contributed by atoms with Gasteiger partial charge in [-0.1, -0.05) is 18.2 Å². The monoisotopic (exact) mass is 149 g/mol. The first-order valence-electron chi connectivity index (χ1n) is 3.82. The topological polar surface area (TPSA) is 21.3 Å². The standard InChI is InChI=1S/C9H11NO/c1-7-8-4-2-3-5-9(8)10-6-11-7/h2-5,7,10H,6H2,1H3. The molecule has 0 radical (unpaired) electrons. The van der Waals surface area contributed by atoms with Gasteiger partial charge in [0.05, 0.1) is 6.10 Å². The zero-order chi connectivity index (χ0) is 7.68. The highest BCUT2D eigenvalue weighted by molar-refractivity contribution is 5.52. The number of fused-ring (bicyclic) bond motifs is 1. The number of hydrogen-bond donors (Lipinski definition) is 1. The van der Waals surface area contributed by atoms with Crippen molar-refractivity contribution in [3.63, 3.8) is 0 Å². The average molecular weight is 149 g/mol.